The second-order valence-corrected chi connectivity index (χ2v) is 18.3. The van der Waals surface area contributed by atoms with Gasteiger partial charge in [0.15, 0.2) is 0 Å². The first kappa shape index (κ1) is 53.2. The first-order valence-corrected chi connectivity index (χ1v) is 20.1. The number of phenolic OH excluding ortho intramolecular Hbond substituents is 1. The van der Waals surface area contributed by atoms with E-state index in [1.165, 1.54) is 32.3 Å². The number of amides is 2. The number of aromatic nitrogens is 2. The molecule has 4 aromatic carbocycles. The van der Waals surface area contributed by atoms with Crippen LogP contribution in [0.15, 0.2) is 94.8 Å². The molecule has 0 atom stereocenters. The Morgan fingerprint density at radius 2 is 1.06 bits per heavy atom. The second kappa shape index (κ2) is 20.0. The summed E-state index contributed by atoms with van der Waals surface area (Å²) in [5.74, 6) is -2.36. The van der Waals surface area contributed by atoms with Gasteiger partial charge >= 0.3 is 41.5 Å². The molecule has 2 amide bonds. The number of phenols is 1. The smallest absolute Gasteiger partial charge is 0.870 e. The first-order valence-electron chi connectivity index (χ1n) is 20.1. The summed E-state index contributed by atoms with van der Waals surface area (Å²) in [4.78, 5) is 81.5. The molecule has 1 aliphatic heterocycles. The van der Waals surface area contributed by atoms with Crippen LogP contribution in [0.5, 0.6) is 11.5 Å². The summed E-state index contributed by atoms with van der Waals surface area (Å²) < 4.78 is 5.44. The number of aromatic hydroxyl groups is 1. The van der Waals surface area contributed by atoms with E-state index >= 15 is 0 Å². The fraction of sp³-hybridized carbons (Fsp3) is 0.306. The number of carboxylic acid groups (broad SMARTS) is 1. The van der Waals surface area contributed by atoms with E-state index in [9.17, 15) is 39.0 Å². The molecule has 16 heteroatoms. The maximum absolute atomic E-state index is 13.0. The van der Waals surface area contributed by atoms with E-state index in [2.05, 4.69) is 20.6 Å². The van der Waals surface area contributed by atoms with Crippen LogP contribution in [0.1, 0.15) is 112 Å². The normalized spacial score (nSPS) is 12.8. The number of aliphatic hydroxyl groups excluding tert-OH is 1. The predicted octanol–water partition coefficient (Wildman–Crippen LogP) is 4.86. The Bertz CT molecular complexity index is 2920. The van der Waals surface area contributed by atoms with Crippen molar-refractivity contribution in [1.29, 1.82) is 0 Å². The number of para-hydroxylation sites is 2. The number of carbonyl (C=O) groups is 4. The van der Waals surface area contributed by atoms with Gasteiger partial charge in [-0.2, -0.15) is 0 Å². The van der Waals surface area contributed by atoms with Crippen LogP contribution in [0, 0.1) is 0 Å². The fourth-order valence-electron chi connectivity index (χ4n) is 7.19. The average molecular weight is 899 g/mol. The van der Waals surface area contributed by atoms with Gasteiger partial charge < -0.3 is 46.1 Å². The minimum absolute atomic E-state index is 0. The van der Waals surface area contributed by atoms with Gasteiger partial charge in [0.1, 0.15) is 22.6 Å². The molecule has 0 fully saturated rings. The summed E-state index contributed by atoms with van der Waals surface area (Å²) in [7, 11) is 1.00. The third kappa shape index (κ3) is 10.7. The van der Waals surface area contributed by atoms with E-state index in [0.29, 0.717) is 44.5 Å². The summed E-state index contributed by atoms with van der Waals surface area (Å²) in [6, 6.07) is 20.5. The number of pyridine rings is 2. The molecule has 2 aromatic heterocycles. The number of aromatic amines is 2. The van der Waals surface area contributed by atoms with Gasteiger partial charge in [0, 0.05) is 75.9 Å². The van der Waals surface area contributed by atoms with Gasteiger partial charge in [-0.3, -0.25) is 28.8 Å². The molecule has 3 heterocycles. The molecule has 15 nitrogen and oxygen atoms in total. The Morgan fingerprint density at radius 3 is 1.49 bits per heavy atom. The standard InChI is InChI=1S/C24H26N2O5.C24H24N2O4.CH4O.Na.H2O/c1-23(2,3)15-10-16(24(4,5)22(30)31)19(27)11-18(15)26-21(29)14-12-25-17-9-7-6-8-13(17)20(14)28;1-23(2,3)15-10-16-19(30-22(29)24(16,4)5)11-18(15)26-21(28)14-12-25-17-9-7-6-8-13(17)20(14)27;1-2;;/h6-12,27H,1-5H3,(H,25,28)(H,26,29)(H,30,31);6-12H,1-5H3,(H,25,27)(H,26,28);2H,1H3;;1H2/q;;;+1;/p-1. The number of hydrogen-bond acceptors (Lipinski definition) is 10. The summed E-state index contributed by atoms with van der Waals surface area (Å²) in [5.41, 5.74) is 0.989. The monoisotopic (exact) mass is 898 g/mol. The molecule has 0 unspecified atom stereocenters. The second-order valence-electron chi connectivity index (χ2n) is 18.3. The number of aliphatic hydroxyl groups is 1. The van der Waals surface area contributed by atoms with Crippen molar-refractivity contribution in [3.05, 3.63) is 139 Å². The largest absolute Gasteiger partial charge is 1.00 e. The number of nitrogens with one attached hydrogen (secondary N) is 4. The van der Waals surface area contributed by atoms with Crippen molar-refractivity contribution in [1.82, 2.24) is 9.97 Å². The van der Waals surface area contributed by atoms with Crippen LogP contribution in [0.4, 0.5) is 11.4 Å². The number of esters is 1. The van der Waals surface area contributed by atoms with Crippen molar-refractivity contribution in [2.75, 3.05) is 17.7 Å². The number of benzene rings is 4. The van der Waals surface area contributed by atoms with Crippen LogP contribution in [-0.4, -0.2) is 61.6 Å². The van der Waals surface area contributed by atoms with Gasteiger partial charge in [-0.15, -0.1) is 0 Å². The molecular formula is C49H55N4NaO11. The van der Waals surface area contributed by atoms with Crippen LogP contribution in [0.3, 0.4) is 0 Å². The summed E-state index contributed by atoms with van der Waals surface area (Å²) in [6.45, 7) is 18.5. The number of hydrogen-bond donors (Lipinski definition) is 7. The molecule has 0 radical (unpaired) electrons. The summed E-state index contributed by atoms with van der Waals surface area (Å²) >= 11 is 0. The number of carboxylic acids is 1. The molecule has 65 heavy (non-hydrogen) atoms. The van der Waals surface area contributed by atoms with Crippen LogP contribution < -0.4 is 55.8 Å². The van der Waals surface area contributed by atoms with Crippen LogP contribution in [0.2, 0.25) is 0 Å². The molecule has 8 N–H and O–H groups in total. The van der Waals surface area contributed by atoms with Crippen molar-refractivity contribution in [3.63, 3.8) is 0 Å². The van der Waals surface area contributed by atoms with E-state index < -0.39 is 39.5 Å². The summed E-state index contributed by atoms with van der Waals surface area (Å²) in [6.07, 6.45) is 2.78. The zero-order valence-electron chi connectivity index (χ0n) is 38.7. The van der Waals surface area contributed by atoms with Crippen molar-refractivity contribution >= 4 is 56.9 Å². The molecule has 338 valence electrons. The molecule has 0 spiro atoms. The number of carbonyl (C=O) groups excluding carboxylic acids is 3. The van der Waals surface area contributed by atoms with Crippen LogP contribution in [-0.2, 0) is 31.2 Å². The van der Waals surface area contributed by atoms with E-state index in [0.717, 1.165) is 18.2 Å². The van der Waals surface area contributed by atoms with Crippen molar-refractivity contribution < 1.29 is 74.3 Å². The third-order valence-corrected chi connectivity index (χ3v) is 11.0. The van der Waals surface area contributed by atoms with Gasteiger partial charge in [-0.1, -0.05) is 65.8 Å². The van der Waals surface area contributed by atoms with Crippen LogP contribution >= 0.6 is 0 Å². The molecule has 6 aromatic rings. The Balaban J connectivity index is 0.000000323. The van der Waals surface area contributed by atoms with Gasteiger partial charge in [-0.25, -0.2) is 0 Å². The minimum Gasteiger partial charge on any atom is -0.870 e. The van der Waals surface area contributed by atoms with Crippen molar-refractivity contribution in [2.24, 2.45) is 0 Å². The zero-order valence-corrected chi connectivity index (χ0v) is 40.7. The molecule has 7 rings (SSSR count). The van der Waals surface area contributed by atoms with E-state index in [-0.39, 0.29) is 74.3 Å². The number of ether oxygens (including phenoxy) is 1. The quantitative estimate of drug-likeness (QED) is 0.0675. The summed E-state index contributed by atoms with van der Waals surface area (Å²) in [5, 5.41) is 33.6. The van der Waals surface area contributed by atoms with E-state index in [1.54, 1.807) is 54.6 Å². The van der Waals surface area contributed by atoms with E-state index in [4.69, 9.17) is 9.84 Å². The van der Waals surface area contributed by atoms with Gasteiger partial charge in [-0.05, 0) is 86.1 Å². The molecule has 0 saturated carbocycles. The van der Waals surface area contributed by atoms with Crippen LogP contribution in [0.25, 0.3) is 21.8 Å². The van der Waals surface area contributed by atoms with Crippen molar-refractivity contribution in [2.45, 2.75) is 90.9 Å². The first-order chi connectivity index (χ1) is 29.3. The molecule has 1 aliphatic rings. The Kier molecular flexibility index (Phi) is 16.4. The average Bonchev–Trinajstić information content (AvgIpc) is 3.43. The topological polar surface area (TPSA) is 258 Å². The minimum atomic E-state index is -1.33. The van der Waals surface area contributed by atoms with Gasteiger partial charge in [0.2, 0.25) is 10.9 Å². The SMILES string of the molecule is CC(C)(C)c1cc(C(C)(C)C(=O)O)c(O)cc1NC(=O)c1c[nH]c2ccccc2c1=O.CC(C)(C)c1cc2c(cc1NC(=O)c1c[nH]c3ccccc3c1=O)OC(=O)C2(C)C.CO.[Na+].[OH-]. The zero-order chi connectivity index (χ0) is 47.0. The number of rotatable bonds is 6. The predicted molar refractivity (Wildman–Crippen MR) is 246 cm³/mol. The fourth-order valence-corrected chi connectivity index (χ4v) is 7.19. The van der Waals surface area contributed by atoms with Gasteiger partial charge in [0.25, 0.3) is 11.8 Å². The molecular weight excluding hydrogens is 844 g/mol. The number of anilines is 2. The van der Waals surface area contributed by atoms with Gasteiger partial charge in [0.05, 0.1) is 10.8 Å². The molecule has 0 bridgehead atoms. The Labute approximate surface area is 398 Å². The molecule has 0 aliphatic carbocycles. The number of fused-ring (bicyclic) bond motifs is 3. The Morgan fingerprint density at radius 1 is 0.646 bits per heavy atom. The number of H-pyrrole nitrogens is 2. The maximum atomic E-state index is 13.0. The Hall–Kier alpha value is -6.10. The van der Waals surface area contributed by atoms with E-state index in [1.807, 2.05) is 67.5 Å². The number of aliphatic carboxylic acids is 1. The maximum Gasteiger partial charge on any atom is 1.00 e. The molecule has 0 saturated heterocycles. The third-order valence-electron chi connectivity index (χ3n) is 11.0. The van der Waals surface area contributed by atoms with Crippen molar-refractivity contribution in [3.8, 4) is 11.5 Å².